The van der Waals surface area contributed by atoms with Crippen LogP contribution >= 0.6 is 0 Å². The molecule has 1 amide bonds. The largest absolute Gasteiger partial charge is 0.337 e. The van der Waals surface area contributed by atoms with Gasteiger partial charge in [0, 0.05) is 57.1 Å². The summed E-state index contributed by atoms with van der Waals surface area (Å²) in [5.41, 5.74) is 0.901. The first-order valence-corrected chi connectivity index (χ1v) is 9.68. The molecule has 1 aliphatic rings. The number of carbonyl (C=O) groups is 1. The summed E-state index contributed by atoms with van der Waals surface area (Å²) < 4.78 is 2.05. The minimum atomic E-state index is -0.0909. The highest BCUT2D eigenvalue weighted by molar-refractivity contribution is 5.96. The number of benzene rings is 2. The number of hydrogen-bond acceptors (Lipinski definition) is 3. The quantitative estimate of drug-likeness (QED) is 0.650. The number of hydrogen-bond donors (Lipinski definition) is 0. The molecule has 1 fully saturated rings. The Kier molecular flexibility index (Phi) is 5.41. The molecule has 1 aliphatic heterocycles. The Morgan fingerprint density at radius 2 is 1.93 bits per heavy atom. The van der Waals surface area contributed by atoms with Gasteiger partial charge in [-0.05, 0) is 23.3 Å². The van der Waals surface area contributed by atoms with Crippen LogP contribution in [0.2, 0.25) is 0 Å². The van der Waals surface area contributed by atoms with Crippen molar-refractivity contribution in [3.63, 3.8) is 0 Å². The van der Waals surface area contributed by atoms with Gasteiger partial charge in [0.15, 0.2) is 0 Å². The Labute approximate surface area is 165 Å². The van der Waals surface area contributed by atoms with Gasteiger partial charge in [0.05, 0.1) is 6.54 Å². The van der Waals surface area contributed by atoms with Crippen molar-refractivity contribution in [2.45, 2.75) is 13.0 Å². The van der Waals surface area contributed by atoms with Crippen LogP contribution in [0.25, 0.3) is 10.8 Å². The average molecular weight is 372 g/mol. The van der Waals surface area contributed by atoms with Crippen LogP contribution in [-0.4, -0.2) is 51.4 Å². The van der Waals surface area contributed by atoms with Crippen molar-refractivity contribution in [1.82, 2.24) is 19.4 Å². The molecule has 0 saturated carbocycles. The summed E-state index contributed by atoms with van der Waals surface area (Å²) in [6.45, 7) is 4.07. The Balaban J connectivity index is 1.42. The van der Waals surface area contributed by atoms with Gasteiger partial charge >= 0.3 is 0 Å². The van der Waals surface area contributed by atoms with Crippen LogP contribution in [0.15, 0.2) is 54.9 Å². The molecule has 5 heteroatoms. The number of nitrogens with zero attached hydrogens (tertiary/aromatic N) is 4. The van der Waals surface area contributed by atoms with E-state index in [0.29, 0.717) is 6.54 Å². The van der Waals surface area contributed by atoms with E-state index in [1.165, 1.54) is 0 Å². The van der Waals surface area contributed by atoms with Gasteiger partial charge in [0.1, 0.15) is 5.82 Å². The molecule has 0 spiro atoms. The molecular weight excluding hydrogens is 348 g/mol. The molecule has 0 bridgehead atoms. The van der Waals surface area contributed by atoms with E-state index in [-0.39, 0.29) is 5.91 Å². The van der Waals surface area contributed by atoms with E-state index in [9.17, 15) is 4.79 Å². The molecule has 0 aliphatic carbocycles. The van der Waals surface area contributed by atoms with E-state index < -0.39 is 0 Å². The summed E-state index contributed by atoms with van der Waals surface area (Å²) in [7, 11) is 2.01. The lowest BCUT2D eigenvalue weighted by Gasteiger charge is -2.20. The van der Waals surface area contributed by atoms with Crippen molar-refractivity contribution in [2.24, 2.45) is 7.05 Å². The van der Waals surface area contributed by atoms with Gasteiger partial charge in [-0.3, -0.25) is 9.69 Å². The Morgan fingerprint density at radius 1 is 1.07 bits per heavy atom. The minimum absolute atomic E-state index is 0.0909. The van der Waals surface area contributed by atoms with E-state index in [2.05, 4.69) is 33.9 Å². The van der Waals surface area contributed by atoms with E-state index in [1.54, 1.807) is 0 Å². The molecule has 28 heavy (non-hydrogen) atoms. The molecule has 142 valence electrons. The van der Waals surface area contributed by atoms with Gasteiger partial charge in [-0.25, -0.2) is 4.98 Å². The molecule has 5 nitrogen and oxygen atoms in total. The molecule has 0 atom stereocenters. The predicted octanol–water partition coefficient (Wildman–Crippen LogP) is 2.66. The second-order valence-electron chi connectivity index (χ2n) is 7.15. The number of rotatable bonds is 2. The van der Waals surface area contributed by atoms with E-state index >= 15 is 0 Å². The first-order chi connectivity index (χ1) is 13.7. The summed E-state index contributed by atoms with van der Waals surface area (Å²) in [6.07, 6.45) is 4.74. The van der Waals surface area contributed by atoms with Crippen LogP contribution in [0, 0.1) is 11.8 Å². The smallest absolute Gasteiger partial charge is 0.298 e. The summed E-state index contributed by atoms with van der Waals surface area (Å²) in [5, 5.41) is 2.23. The highest BCUT2D eigenvalue weighted by atomic mass is 16.2. The van der Waals surface area contributed by atoms with Gasteiger partial charge in [-0.15, -0.1) is 0 Å². The number of carbonyl (C=O) groups excluding carboxylic acids is 1. The second kappa shape index (κ2) is 8.28. The van der Waals surface area contributed by atoms with Gasteiger partial charge in [-0.1, -0.05) is 42.3 Å². The van der Waals surface area contributed by atoms with E-state index in [4.69, 9.17) is 0 Å². The van der Waals surface area contributed by atoms with Crippen LogP contribution in [0.4, 0.5) is 0 Å². The molecule has 4 rings (SSSR count). The summed E-state index contributed by atoms with van der Waals surface area (Å²) in [6, 6.07) is 14.1. The van der Waals surface area contributed by atoms with Crippen LogP contribution in [-0.2, 0) is 18.4 Å². The minimum Gasteiger partial charge on any atom is -0.337 e. The number of aromatic nitrogens is 2. The van der Waals surface area contributed by atoms with Crippen LogP contribution in [0.5, 0.6) is 0 Å². The summed E-state index contributed by atoms with van der Waals surface area (Å²) >= 11 is 0. The van der Waals surface area contributed by atoms with Gasteiger partial charge < -0.3 is 9.47 Å². The second-order valence-corrected chi connectivity index (χ2v) is 7.15. The van der Waals surface area contributed by atoms with Crippen molar-refractivity contribution in [3.8, 4) is 11.8 Å². The number of imidazole rings is 1. The maximum Gasteiger partial charge on any atom is 0.298 e. The third-order valence-corrected chi connectivity index (χ3v) is 5.26. The predicted molar refractivity (Wildman–Crippen MR) is 111 cm³/mol. The fraction of sp³-hybridized carbons (Fsp3) is 0.304. The molecule has 1 saturated heterocycles. The van der Waals surface area contributed by atoms with E-state index in [0.717, 1.165) is 54.8 Å². The van der Waals surface area contributed by atoms with Crippen molar-refractivity contribution < 1.29 is 4.79 Å². The zero-order valence-corrected chi connectivity index (χ0v) is 16.1. The summed E-state index contributed by atoms with van der Waals surface area (Å²) in [4.78, 5) is 21.3. The Bertz CT molecular complexity index is 1040. The van der Waals surface area contributed by atoms with Crippen LogP contribution in [0.1, 0.15) is 17.8 Å². The molecule has 1 aromatic heterocycles. The first-order valence-electron chi connectivity index (χ1n) is 9.68. The monoisotopic (exact) mass is 372 g/mol. The molecule has 2 aromatic carbocycles. The Hall–Kier alpha value is -3.10. The molecule has 3 aromatic rings. The number of aryl methyl sites for hydroxylation is 1. The highest BCUT2D eigenvalue weighted by Crippen LogP contribution is 2.17. The van der Waals surface area contributed by atoms with Crippen molar-refractivity contribution in [3.05, 3.63) is 66.2 Å². The maximum atomic E-state index is 12.7. The molecule has 2 heterocycles. The lowest BCUT2D eigenvalue weighted by Crippen LogP contribution is -2.34. The third kappa shape index (κ3) is 4.08. The van der Waals surface area contributed by atoms with Crippen LogP contribution < -0.4 is 0 Å². The van der Waals surface area contributed by atoms with Gasteiger partial charge in [0.2, 0.25) is 0 Å². The van der Waals surface area contributed by atoms with Gasteiger partial charge in [0.25, 0.3) is 5.91 Å². The third-order valence-electron chi connectivity index (χ3n) is 5.26. The average Bonchev–Trinajstić information content (AvgIpc) is 2.98. The van der Waals surface area contributed by atoms with E-state index in [1.807, 2.05) is 59.2 Å². The Morgan fingerprint density at radius 3 is 2.79 bits per heavy atom. The first kappa shape index (κ1) is 18.3. The zero-order chi connectivity index (χ0) is 19.3. The lowest BCUT2D eigenvalue weighted by atomic mass is 10.1. The van der Waals surface area contributed by atoms with Crippen molar-refractivity contribution in [2.75, 3.05) is 26.2 Å². The standard InChI is InChI=1S/C23H24N4O/c1-25-15-12-24-22(25)18-26-13-5-14-27(17-16-26)23(28)11-10-20-8-4-7-19-6-2-3-9-21(19)20/h2-4,6-9,12,15H,5,13-14,16-18H2,1H3. The zero-order valence-electron chi connectivity index (χ0n) is 16.1. The number of amides is 1. The molecule has 0 N–H and O–H groups in total. The molecular formula is C23H24N4O. The van der Waals surface area contributed by atoms with Gasteiger partial charge in [-0.2, -0.15) is 0 Å². The molecule has 0 unspecified atom stereocenters. The maximum absolute atomic E-state index is 12.7. The van der Waals surface area contributed by atoms with Crippen molar-refractivity contribution >= 4 is 16.7 Å². The normalized spacial score (nSPS) is 15.1. The topological polar surface area (TPSA) is 41.4 Å². The number of fused-ring (bicyclic) bond motifs is 1. The van der Waals surface area contributed by atoms with Crippen LogP contribution in [0.3, 0.4) is 0 Å². The SMILES string of the molecule is Cn1ccnc1CN1CCCN(C(=O)C#Cc2cccc3ccccc23)CC1. The fourth-order valence-electron chi connectivity index (χ4n) is 3.62. The van der Waals surface area contributed by atoms with Crippen molar-refractivity contribution in [1.29, 1.82) is 0 Å². The molecule has 0 radical (unpaired) electrons. The fourth-order valence-corrected chi connectivity index (χ4v) is 3.62. The lowest BCUT2D eigenvalue weighted by molar-refractivity contribution is -0.125. The summed E-state index contributed by atoms with van der Waals surface area (Å²) in [5.74, 6) is 6.91. The highest BCUT2D eigenvalue weighted by Gasteiger charge is 2.18.